The normalized spacial score (nSPS) is 7.87. The van der Waals surface area contributed by atoms with Crippen LogP contribution in [0.1, 0.15) is 39.1 Å². The molecule has 0 aliphatic rings. The molecule has 0 fully saturated rings. The molecule has 0 aliphatic heterocycles. The lowest BCUT2D eigenvalue weighted by atomic mass is 10.3. The van der Waals surface area contributed by atoms with Gasteiger partial charge in [-0.05, 0) is 26.8 Å². The molecule has 0 unspecified atom stereocenters. The maximum Gasteiger partial charge on any atom is 0.115 e. The van der Waals surface area contributed by atoms with Crippen LogP contribution >= 0.6 is 0 Å². The molecule has 15 heavy (non-hydrogen) atoms. The van der Waals surface area contributed by atoms with Crippen molar-refractivity contribution in [2.24, 2.45) is 5.73 Å². The van der Waals surface area contributed by atoms with E-state index in [4.69, 9.17) is 5.73 Å². The number of hydrogen-bond donors (Lipinski definition) is 1. The maximum atomic E-state index is 5.33. The fourth-order valence-electron chi connectivity index (χ4n) is 0.621. The second-order valence-electron chi connectivity index (χ2n) is 3.06. The molecule has 0 amide bonds. The molecule has 0 aromatic carbocycles. The highest BCUT2D eigenvalue weighted by atomic mass is 14.8. The summed E-state index contributed by atoms with van der Waals surface area (Å²) in [6, 6.07) is 1.88. The first-order chi connectivity index (χ1) is 7.06. The van der Waals surface area contributed by atoms with Crippen molar-refractivity contribution in [3.05, 3.63) is 35.9 Å². The Morgan fingerprint density at radius 3 is 2.07 bits per heavy atom. The van der Waals surface area contributed by atoms with Crippen LogP contribution in [0.15, 0.2) is 24.5 Å². The quantitative estimate of drug-likeness (QED) is 0.724. The third-order valence-electron chi connectivity index (χ3n) is 1.07. The van der Waals surface area contributed by atoms with Gasteiger partial charge in [0, 0.05) is 12.2 Å². The third kappa shape index (κ3) is 12.8. The van der Waals surface area contributed by atoms with Crippen molar-refractivity contribution >= 4 is 0 Å². The number of nitrogens with zero attached hydrogens (tertiary/aromatic N) is 2. The summed E-state index contributed by atoms with van der Waals surface area (Å²) >= 11 is 0. The fourth-order valence-corrected chi connectivity index (χ4v) is 0.621. The molecule has 3 heteroatoms. The Balaban J connectivity index is 0. The lowest BCUT2D eigenvalue weighted by molar-refractivity contribution is 0.947. The molecule has 0 atom stereocenters. The molecule has 0 spiro atoms. The standard InChI is InChI=1S/C6H9N3.C4H8.C2H6/c1-5-2-6(3-7)9-4-8-5;1-4(2)3;1-2/h2,4H,3,7H2,1H3;1H2,2-3H3;1-2H3. The van der Waals surface area contributed by atoms with E-state index in [1.54, 1.807) is 0 Å². The van der Waals surface area contributed by atoms with Crippen LogP contribution in [0.4, 0.5) is 0 Å². The summed E-state index contributed by atoms with van der Waals surface area (Å²) in [5.74, 6) is 0. The van der Waals surface area contributed by atoms with Crippen LogP contribution in [0.3, 0.4) is 0 Å². The highest BCUT2D eigenvalue weighted by molar-refractivity contribution is 5.05. The summed E-state index contributed by atoms with van der Waals surface area (Å²) in [6.07, 6.45) is 1.53. The van der Waals surface area contributed by atoms with Gasteiger partial charge in [-0.1, -0.05) is 19.4 Å². The van der Waals surface area contributed by atoms with E-state index in [1.807, 2.05) is 40.7 Å². The Kier molecular flexibility index (Phi) is 11.7. The summed E-state index contributed by atoms with van der Waals surface area (Å²) in [5, 5.41) is 0. The van der Waals surface area contributed by atoms with E-state index >= 15 is 0 Å². The van der Waals surface area contributed by atoms with Crippen LogP contribution in [-0.4, -0.2) is 9.97 Å². The molecule has 0 aliphatic carbocycles. The Hall–Kier alpha value is -1.22. The summed E-state index contributed by atoms with van der Waals surface area (Å²) in [5.41, 5.74) is 8.35. The van der Waals surface area contributed by atoms with E-state index in [0.29, 0.717) is 6.54 Å². The lowest BCUT2D eigenvalue weighted by Crippen LogP contribution is -2.00. The van der Waals surface area contributed by atoms with E-state index in [0.717, 1.165) is 11.4 Å². The Morgan fingerprint density at radius 2 is 1.80 bits per heavy atom. The zero-order valence-corrected chi connectivity index (χ0v) is 10.5. The first-order valence-corrected chi connectivity index (χ1v) is 5.16. The largest absolute Gasteiger partial charge is 0.325 e. The van der Waals surface area contributed by atoms with Gasteiger partial charge in [-0.15, -0.1) is 6.58 Å². The summed E-state index contributed by atoms with van der Waals surface area (Å²) in [7, 11) is 0. The molecular formula is C12H23N3. The van der Waals surface area contributed by atoms with Gasteiger partial charge in [-0.3, -0.25) is 0 Å². The number of aryl methyl sites for hydroxylation is 1. The predicted octanol–water partition coefficient (Wildman–Crippen LogP) is 2.85. The highest BCUT2D eigenvalue weighted by Gasteiger charge is 1.88. The van der Waals surface area contributed by atoms with Crippen molar-refractivity contribution in [3.63, 3.8) is 0 Å². The van der Waals surface area contributed by atoms with Crippen LogP contribution < -0.4 is 5.73 Å². The zero-order valence-electron chi connectivity index (χ0n) is 10.5. The van der Waals surface area contributed by atoms with E-state index in [2.05, 4.69) is 16.5 Å². The number of aromatic nitrogens is 2. The van der Waals surface area contributed by atoms with Gasteiger partial charge < -0.3 is 5.73 Å². The van der Waals surface area contributed by atoms with Gasteiger partial charge in [0.25, 0.3) is 0 Å². The van der Waals surface area contributed by atoms with Gasteiger partial charge in [0.05, 0.1) is 5.69 Å². The Morgan fingerprint density at radius 1 is 1.33 bits per heavy atom. The molecule has 3 nitrogen and oxygen atoms in total. The van der Waals surface area contributed by atoms with Crippen LogP contribution in [0.2, 0.25) is 0 Å². The van der Waals surface area contributed by atoms with Crippen LogP contribution in [0.25, 0.3) is 0 Å². The molecule has 1 aromatic rings. The van der Waals surface area contributed by atoms with Crippen LogP contribution in [0.5, 0.6) is 0 Å². The molecule has 86 valence electrons. The topological polar surface area (TPSA) is 51.8 Å². The van der Waals surface area contributed by atoms with Gasteiger partial charge in [0.1, 0.15) is 6.33 Å². The Bertz CT molecular complexity index is 265. The van der Waals surface area contributed by atoms with Gasteiger partial charge in [-0.2, -0.15) is 0 Å². The average Bonchev–Trinajstić information content (AvgIpc) is 2.20. The lowest BCUT2D eigenvalue weighted by Gasteiger charge is -1.93. The minimum absolute atomic E-state index is 0.489. The molecule has 0 radical (unpaired) electrons. The first kappa shape index (κ1) is 16.2. The highest BCUT2D eigenvalue weighted by Crippen LogP contribution is 1.93. The third-order valence-corrected chi connectivity index (χ3v) is 1.07. The van der Waals surface area contributed by atoms with E-state index in [9.17, 15) is 0 Å². The molecule has 2 N–H and O–H groups in total. The molecule has 1 heterocycles. The fraction of sp³-hybridized carbons (Fsp3) is 0.500. The predicted molar refractivity (Wildman–Crippen MR) is 66.5 cm³/mol. The molecule has 0 saturated heterocycles. The number of nitrogens with two attached hydrogens (primary N) is 1. The first-order valence-electron chi connectivity index (χ1n) is 5.16. The van der Waals surface area contributed by atoms with Gasteiger partial charge in [-0.25, -0.2) is 9.97 Å². The minimum Gasteiger partial charge on any atom is -0.325 e. The number of hydrogen-bond acceptors (Lipinski definition) is 3. The maximum absolute atomic E-state index is 5.33. The molecule has 0 bridgehead atoms. The van der Waals surface area contributed by atoms with Crippen molar-refractivity contribution in [3.8, 4) is 0 Å². The molecular weight excluding hydrogens is 186 g/mol. The summed E-state index contributed by atoms with van der Waals surface area (Å²) in [4.78, 5) is 7.84. The monoisotopic (exact) mass is 209 g/mol. The number of allylic oxidation sites excluding steroid dienone is 1. The van der Waals surface area contributed by atoms with Crippen molar-refractivity contribution in [1.29, 1.82) is 0 Å². The van der Waals surface area contributed by atoms with E-state index in [-0.39, 0.29) is 0 Å². The molecule has 1 aromatic heterocycles. The van der Waals surface area contributed by atoms with Crippen molar-refractivity contribution in [1.82, 2.24) is 9.97 Å². The van der Waals surface area contributed by atoms with Crippen LogP contribution in [-0.2, 0) is 6.54 Å². The molecule has 1 rings (SSSR count). The second kappa shape index (κ2) is 10.9. The minimum atomic E-state index is 0.489. The second-order valence-corrected chi connectivity index (χ2v) is 3.06. The zero-order chi connectivity index (χ0) is 12.3. The Labute approximate surface area is 93.5 Å². The van der Waals surface area contributed by atoms with Crippen molar-refractivity contribution < 1.29 is 0 Å². The van der Waals surface area contributed by atoms with Gasteiger partial charge in [0.15, 0.2) is 0 Å². The number of rotatable bonds is 1. The van der Waals surface area contributed by atoms with Gasteiger partial charge >= 0.3 is 0 Å². The summed E-state index contributed by atoms with van der Waals surface area (Å²) in [6.45, 7) is 13.9. The SMILES string of the molecule is C=C(C)C.CC.Cc1cc(CN)ncn1. The van der Waals surface area contributed by atoms with Gasteiger partial charge in [0.2, 0.25) is 0 Å². The van der Waals surface area contributed by atoms with Crippen molar-refractivity contribution in [2.75, 3.05) is 0 Å². The van der Waals surface area contributed by atoms with Crippen LogP contribution in [0, 0.1) is 6.92 Å². The van der Waals surface area contributed by atoms with E-state index in [1.165, 1.54) is 11.9 Å². The molecule has 0 saturated carbocycles. The average molecular weight is 209 g/mol. The smallest absolute Gasteiger partial charge is 0.115 e. The van der Waals surface area contributed by atoms with Crippen molar-refractivity contribution in [2.45, 2.75) is 41.2 Å². The summed E-state index contributed by atoms with van der Waals surface area (Å²) < 4.78 is 0. The van der Waals surface area contributed by atoms with E-state index < -0.39 is 0 Å².